The van der Waals surface area contributed by atoms with Gasteiger partial charge in [0.25, 0.3) is 0 Å². The average Bonchev–Trinajstić information content (AvgIpc) is 2.73. The topological polar surface area (TPSA) is 88.6 Å². The lowest BCUT2D eigenvalue weighted by molar-refractivity contribution is -0.138. The lowest BCUT2D eigenvalue weighted by Gasteiger charge is -2.40. The third-order valence-electron chi connectivity index (χ3n) is 6.45. The van der Waals surface area contributed by atoms with E-state index in [2.05, 4.69) is 0 Å². The molecule has 6 nitrogen and oxygen atoms in total. The molecular formula is C23H25F4NO5S2. The number of benzene rings is 2. The van der Waals surface area contributed by atoms with Gasteiger partial charge in [-0.1, -0.05) is 6.07 Å². The van der Waals surface area contributed by atoms with Crippen molar-refractivity contribution in [1.29, 1.82) is 0 Å². The van der Waals surface area contributed by atoms with Gasteiger partial charge in [-0.2, -0.15) is 13.2 Å². The Kier molecular flexibility index (Phi) is 7.13. The number of amides is 1. The van der Waals surface area contributed by atoms with Crippen LogP contribution in [0, 0.1) is 11.7 Å². The summed E-state index contributed by atoms with van der Waals surface area (Å²) in [6.07, 6.45) is -3.74. The maximum absolute atomic E-state index is 13.8. The van der Waals surface area contributed by atoms with Gasteiger partial charge in [0.15, 0.2) is 19.7 Å². The van der Waals surface area contributed by atoms with Crippen molar-refractivity contribution in [2.45, 2.75) is 53.9 Å². The highest BCUT2D eigenvalue weighted by atomic mass is 32.2. The summed E-state index contributed by atoms with van der Waals surface area (Å²) in [6, 6.07) is 6.67. The Morgan fingerprint density at radius 3 is 2.26 bits per heavy atom. The van der Waals surface area contributed by atoms with Crippen LogP contribution >= 0.6 is 0 Å². The molecule has 1 aliphatic heterocycles. The maximum Gasteiger partial charge on any atom is 0.416 e. The molecule has 0 saturated carbocycles. The number of sulfone groups is 2. The molecule has 1 atom stereocenters. The lowest BCUT2D eigenvalue weighted by atomic mass is 9.85. The van der Waals surface area contributed by atoms with E-state index in [1.165, 1.54) is 18.7 Å². The number of likely N-dealkylation sites (tertiary alicyclic amines) is 1. The SMILES string of the molecule is CC(C)(C1CCN(Cc2cc(F)ccc2S(C)(=O)=O)C(=O)C1)S(=O)(=O)c1cccc(C(F)(F)F)c1. The standard InChI is InChI=1S/C23H25F4NO5S2/c1-22(2,35(32,33)19-6-4-5-17(12-19)23(25,26)27)16-9-10-28(21(29)13-16)14-15-11-18(24)7-8-20(15)34(3,30)31/h4-8,11-12,16H,9-10,13-14H2,1-3H3. The van der Waals surface area contributed by atoms with Crippen LogP contribution in [0.2, 0.25) is 0 Å². The number of hydrogen-bond acceptors (Lipinski definition) is 5. The number of nitrogens with zero attached hydrogens (tertiary/aromatic N) is 1. The van der Waals surface area contributed by atoms with Gasteiger partial charge >= 0.3 is 6.18 Å². The fraction of sp³-hybridized carbons (Fsp3) is 0.435. The van der Waals surface area contributed by atoms with Crippen LogP contribution in [-0.2, 0) is 37.2 Å². The molecule has 1 saturated heterocycles. The Hall–Kier alpha value is -2.47. The first kappa shape index (κ1) is 27.1. The van der Waals surface area contributed by atoms with Crippen LogP contribution in [0.4, 0.5) is 17.6 Å². The van der Waals surface area contributed by atoms with Crippen molar-refractivity contribution in [3.63, 3.8) is 0 Å². The van der Waals surface area contributed by atoms with E-state index in [9.17, 15) is 39.2 Å². The van der Waals surface area contributed by atoms with Crippen LogP contribution in [0.1, 0.15) is 37.8 Å². The smallest absolute Gasteiger partial charge is 0.338 e. The highest BCUT2D eigenvalue weighted by molar-refractivity contribution is 7.92. The van der Waals surface area contributed by atoms with E-state index in [0.717, 1.165) is 42.7 Å². The van der Waals surface area contributed by atoms with Gasteiger partial charge in [0.1, 0.15) is 5.82 Å². The van der Waals surface area contributed by atoms with Gasteiger partial charge in [0, 0.05) is 25.8 Å². The molecule has 0 radical (unpaired) electrons. The summed E-state index contributed by atoms with van der Waals surface area (Å²) in [5, 5.41) is 0. The van der Waals surface area contributed by atoms with Crippen molar-refractivity contribution < 1.29 is 39.2 Å². The largest absolute Gasteiger partial charge is 0.416 e. The van der Waals surface area contributed by atoms with E-state index in [-0.39, 0.29) is 36.4 Å². The van der Waals surface area contributed by atoms with Crippen LogP contribution in [0.3, 0.4) is 0 Å². The second-order valence-electron chi connectivity index (χ2n) is 9.16. The molecule has 1 heterocycles. The van der Waals surface area contributed by atoms with Gasteiger partial charge < -0.3 is 4.90 Å². The molecule has 35 heavy (non-hydrogen) atoms. The monoisotopic (exact) mass is 535 g/mol. The molecule has 192 valence electrons. The van der Waals surface area contributed by atoms with Crippen molar-refractivity contribution >= 4 is 25.6 Å². The summed E-state index contributed by atoms with van der Waals surface area (Å²) in [4.78, 5) is 13.6. The molecule has 3 rings (SSSR count). The minimum atomic E-state index is -4.71. The zero-order valence-corrected chi connectivity index (χ0v) is 20.9. The number of piperidine rings is 1. The summed E-state index contributed by atoms with van der Waals surface area (Å²) in [6.45, 7) is 2.66. The molecule has 12 heteroatoms. The van der Waals surface area contributed by atoms with Gasteiger partial charge in [-0.25, -0.2) is 21.2 Å². The van der Waals surface area contributed by atoms with Crippen molar-refractivity contribution in [2.75, 3.05) is 12.8 Å². The van der Waals surface area contributed by atoms with Crippen LogP contribution in [0.25, 0.3) is 0 Å². The Balaban J connectivity index is 1.83. The molecule has 0 bridgehead atoms. The van der Waals surface area contributed by atoms with Crippen molar-refractivity contribution in [1.82, 2.24) is 4.90 Å². The Labute approximate surface area is 201 Å². The fourth-order valence-electron chi connectivity index (χ4n) is 4.24. The summed E-state index contributed by atoms with van der Waals surface area (Å²) in [5.41, 5.74) is -0.979. The zero-order valence-electron chi connectivity index (χ0n) is 19.3. The highest BCUT2D eigenvalue weighted by Gasteiger charge is 2.46. The number of carbonyl (C=O) groups excluding carboxylic acids is 1. The highest BCUT2D eigenvalue weighted by Crippen LogP contribution is 2.40. The Bertz CT molecular complexity index is 1350. The molecule has 1 unspecified atom stereocenters. The van der Waals surface area contributed by atoms with Crippen LogP contribution in [0.15, 0.2) is 52.3 Å². The Morgan fingerprint density at radius 1 is 1.03 bits per heavy atom. The number of halogens is 4. The summed E-state index contributed by atoms with van der Waals surface area (Å²) in [7, 11) is -7.93. The van der Waals surface area contributed by atoms with Gasteiger partial charge in [-0.05, 0) is 68.1 Å². The minimum Gasteiger partial charge on any atom is -0.338 e. The van der Waals surface area contributed by atoms with Crippen LogP contribution in [0.5, 0.6) is 0 Å². The van der Waals surface area contributed by atoms with Crippen LogP contribution < -0.4 is 0 Å². The van der Waals surface area contributed by atoms with Crippen molar-refractivity contribution in [2.24, 2.45) is 5.92 Å². The zero-order chi connectivity index (χ0) is 26.4. The second kappa shape index (κ2) is 9.20. The molecule has 0 aromatic heterocycles. The molecule has 1 fully saturated rings. The molecular weight excluding hydrogens is 510 g/mol. The minimum absolute atomic E-state index is 0.0742. The van der Waals surface area contributed by atoms with Crippen molar-refractivity contribution in [3.8, 4) is 0 Å². The third-order valence-corrected chi connectivity index (χ3v) is 10.2. The first-order chi connectivity index (χ1) is 15.9. The van der Waals surface area contributed by atoms with Crippen LogP contribution in [-0.4, -0.2) is 45.2 Å². The third kappa shape index (κ3) is 5.53. The fourth-order valence-corrected chi connectivity index (χ4v) is 6.94. The summed E-state index contributed by atoms with van der Waals surface area (Å²) in [5.74, 6) is -1.83. The average molecular weight is 536 g/mol. The molecule has 0 aliphatic carbocycles. The van der Waals surface area contributed by atoms with E-state index >= 15 is 0 Å². The first-order valence-electron chi connectivity index (χ1n) is 10.6. The van der Waals surface area contributed by atoms with E-state index in [1.807, 2.05) is 0 Å². The van der Waals surface area contributed by atoms with Gasteiger partial charge in [0.2, 0.25) is 5.91 Å². The lowest BCUT2D eigenvalue weighted by Crippen LogP contribution is -2.48. The molecule has 1 aliphatic rings. The number of rotatable bonds is 6. The molecule has 0 spiro atoms. The normalized spacial score (nSPS) is 18.1. The summed E-state index contributed by atoms with van der Waals surface area (Å²) >= 11 is 0. The van der Waals surface area contributed by atoms with Gasteiger partial charge in [-0.15, -0.1) is 0 Å². The van der Waals surface area contributed by atoms with E-state index in [4.69, 9.17) is 0 Å². The quantitative estimate of drug-likeness (QED) is 0.408. The van der Waals surface area contributed by atoms with E-state index < -0.39 is 58.7 Å². The maximum atomic E-state index is 13.8. The molecule has 2 aromatic carbocycles. The number of hydrogen-bond donors (Lipinski definition) is 0. The van der Waals surface area contributed by atoms with E-state index in [1.54, 1.807) is 0 Å². The molecule has 1 amide bonds. The second-order valence-corrected chi connectivity index (χ2v) is 13.7. The predicted octanol–water partition coefficient (Wildman–Crippen LogP) is 4.24. The van der Waals surface area contributed by atoms with Gasteiger partial charge in [0.05, 0.1) is 20.1 Å². The van der Waals surface area contributed by atoms with E-state index in [0.29, 0.717) is 6.07 Å². The number of alkyl halides is 3. The molecule has 2 aromatic rings. The first-order valence-corrected chi connectivity index (χ1v) is 14.0. The predicted molar refractivity (Wildman–Crippen MR) is 120 cm³/mol. The number of carbonyl (C=O) groups is 1. The summed E-state index contributed by atoms with van der Waals surface area (Å²) < 4.78 is 102. The van der Waals surface area contributed by atoms with Gasteiger partial charge in [-0.3, -0.25) is 4.79 Å². The Morgan fingerprint density at radius 2 is 1.69 bits per heavy atom. The molecule has 0 N–H and O–H groups in total. The van der Waals surface area contributed by atoms with Crippen molar-refractivity contribution in [3.05, 3.63) is 59.4 Å².